The summed E-state index contributed by atoms with van der Waals surface area (Å²) < 4.78 is 0. The average molecular weight is 270 g/mol. The van der Waals surface area contributed by atoms with Crippen LogP contribution in [0.25, 0.3) is 0 Å². The van der Waals surface area contributed by atoms with E-state index in [0.29, 0.717) is 18.6 Å². The van der Waals surface area contributed by atoms with Crippen molar-refractivity contribution in [2.24, 2.45) is 0 Å². The number of β-lactam (4-membered cyclic amide) rings is 1. The topological polar surface area (TPSA) is 86.7 Å². The van der Waals surface area contributed by atoms with Gasteiger partial charge in [0, 0.05) is 12.2 Å². The molecule has 2 aliphatic heterocycles. The number of amides is 2. The van der Waals surface area contributed by atoms with E-state index in [1.165, 1.54) is 22.7 Å². The number of aliphatic carboxylic acids is 1. The second-order valence-electron chi connectivity index (χ2n) is 4.12. The van der Waals surface area contributed by atoms with Gasteiger partial charge < -0.3 is 10.4 Å². The normalized spacial score (nSPS) is 25.9. The lowest BCUT2D eigenvalue weighted by Gasteiger charge is -2.48. The third-order valence-corrected chi connectivity index (χ3v) is 4.04. The van der Waals surface area contributed by atoms with E-state index in [4.69, 9.17) is 5.11 Å². The maximum atomic E-state index is 11.8. The van der Waals surface area contributed by atoms with Crippen molar-refractivity contribution < 1.29 is 19.5 Å². The lowest BCUT2D eigenvalue weighted by Crippen LogP contribution is -2.70. The Morgan fingerprint density at radius 3 is 2.94 bits per heavy atom. The quantitative estimate of drug-likeness (QED) is 0.710. The molecule has 0 bridgehead atoms. The molecule has 2 aliphatic rings. The van der Waals surface area contributed by atoms with E-state index in [0.717, 1.165) is 0 Å². The summed E-state index contributed by atoms with van der Waals surface area (Å²) in [4.78, 5) is 35.5. The second kappa shape index (κ2) is 5.01. The number of carbonyl (C=O) groups excluding carboxylic acids is 2. The molecule has 0 spiro atoms. The summed E-state index contributed by atoms with van der Waals surface area (Å²) in [5.74, 6) is -1.07. The van der Waals surface area contributed by atoms with Gasteiger partial charge in [0.15, 0.2) is 0 Å². The predicted octanol–water partition coefficient (Wildman–Crippen LogP) is 0.155. The molecular formula is C11H14N2O4S. The Labute approximate surface area is 108 Å². The van der Waals surface area contributed by atoms with Crippen molar-refractivity contribution in [2.45, 2.75) is 31.2 Å². The van der Waals surface area contributed by atoms with Crippen molar-refractivity contribution in [1.29, 1.82) is 0 Å². The molecule has 0 aromatic rings. The molecule has 1 saturated heterocycles. The zero-order chi connectivity index (χ0) is 13.3. The lowest BCUT2D eigenvalue weighted by atomic mass is 10.0. The van der Waals surface area contributed by atoms with Crippen LogP contribution in [0.5, 0.6) is 0 Å². The molecule has 1 unspecified atom stereocenters. The number of hydrogen-bond donors (Lipinski definition) is 2. The van der Waals surface area contributed by atoms with Gasteiger partial charge >= 0.3 is 5.97 Å². The highest BCUT2D eigenvalue weighted by Gasteiger charge is 2.52. The highest BCUT2D eigenvalue weighted by molar-refractivity contribution is 8.00. The van der Waals surface area contributed by atoms with Gasteiger partial charge in [0.25, 0.3) is 5.91 Å². The van der Waals surface area contributed by atoms with Crippen molar-refractivity contribution in [3.8, 4) is 0 Å². The number of rotatable bonds is 4. The largest absolute Gasteiger partial charge is 0.477 e. The highest BCUT2D eigenvalue weighted by Crippen LogP contribution is 2.37. The van der Waals surface area contributed by atoms with E-state index in [9.17, 15) is 14.4 Å². The minimum absolute atomic E-state index is 0.0183. The molecule has 2 heterocycles. The van der Waals surface area contributed by atoms with Crippen LogP contribution < -0.4 is 5.32 Å². The Morgan fingerprint density at radius 2 is 2.33 bits per heavy atom. The molecule has 0 aromatic carbocycles. The number of hydrogen-bond acceptors (Lipinski definition) is 4. The molecule has 6 nitrogen and oxygen atoms in total. The minimum Gasteiger partial charge on any atom is -0.477 e. The number of carbonyl (C=O) groups is 3. The summed E-state index contributed by atoms with van der Waals surface area (Å²) in [6.07, 6.45) is 2.61. The maximum absolute atomic E-state index is 11.8. The van der Waals surface area contributed by atoms with Crippen molar-refractivity contribution in [3.05, 3.63) is 11.8 Å². The van der Waals surface area contributed by atoms with Gasteiger partial charge in [-0.3, -0.25) is 14.5 Å². The first-order chi connectivity index (χ1) is 8.56. The van der Waals surface area contributed by atoms with Crippen molar-refractivity contribution >= 4 is 29.5 Å². The molecule has 0 aliphatic carbocycles. The molecule has 0 saturated carbocycles. The van der Waals surface area contributed by atoms with E-state index in [1.54, 1.807) is 0 Å². The van der Waals surface area contributed by atoms with Crippen LogP contribution in [0.1, 0.15) is 19.8 Å². The van der Waals surface area contributed by atoms with E-state index < -0.39 is 12.0 Å². The molecule has 0 radical (unpaired) electrons. The van der Waals surface area contributed by atoms with Crippen LogP contribution in [-0.4, -0.2) is 45.0 Å². The molecule has 2 rings (SSSR count). The van der Waals surface area contributed by atoms with Crippen molar-refractivity contribution in [1.82, 2.24) is 10.2 Å². The first kappa shape index (κ1) is 12.9. The Hall–Kier alpha value is -1.50. The Kier molecular flexibility index (Phi) is 3.60. The van der Waals surface area contributed by atoms with Gasteiger partial charge in [0.1, 0.15) is 17.1 Å². The zero-order valence-electron chi connectivity index (χ0n) is 9.88. The van der Waals surface area contributed by atoms with Crippen molar-refractivity contribution in [2.75, 3.05) is 5.75 Å². The Bertz CT molecular complexity index is 435. The molecule has 2 atom stereocenters. The fourth-order valence-electron chi connectivity index (χ4n) is 2.01. The Morgan fingerprint density at radius 1 is 1.61 bits per heavy atom. The number of fused-ring (bicyclic) bond motifs is 1. The van der Waals surface area contributed by atoms with E-state index in [-0.39, 0.29) is 22.9 Å². The maximum Gasteiger partial charge on any atom is 0.352 e. The third kappa shape index (κ3) is 2.10. The molecule has 7 heteroatoms. The van der Waals surface area contributed by atoms with Crippen LogP contribution in [0, 0.1) is 0 Å². The van der Waals surface area contributed by atoms with Crippen LogP contribution in [0.2, 0.25) is 0 Å². The number of thioether (sulfide) groups is 1. The molecule has 2 amide bonds. The van der Waals surface area contributed by atoms with Gasteiger partial charge in [-0.15, -0.1) is 11.8 Å². The van der Waals surface area contributed by atoms with E-state index >= 15 is 0 Å². The summed E-state index contributed by atoms with van der Waals surface area (Å²) in [5.41, 5.74) is 0.0183. The van der Waals surface area contributed by atoms with Crippen LogP contribution in [0.4, 0.5) is 0 Å². The number of nitrogens with zero attached hydrogens (tertiary/aromatic N) is 1. The average Bonchev–Trinajstić information content (AvgIpc) is 2.35. The zero-order valence-corrected chi connectivity index (χ0v) is 10.7. The van der Waals surface area contributed by atoms with Crippen LogP contribution >= 0.6 is 11.8 Å². The number of nitrogens with one attached hydrogen (secondary N) is 1. The fourth-order valence-corrected chi connectivity index (χ4v) is 3.21. The van der Waals surface area contributed by atoms with Gasteiger partial charge in [-0.2, -0.15) is 0 Å². The summed E-state index contributed by atoms with van der Waals surface area (Å²) in [7, 11) is 0. The summed E-state index contributed by atoms with van der Waals surface area (Å²) in [6.45, 7) is 1.88. The summed E-state index contributed by atoms with van der Waals surface area (Å²) in [5, 5.41) is 11.3. The first-order valence-corrected chi connectivity index (χ1v) is 6.78. The predicted molar refractivity (Wildman–Crippen MR) is 65.6 cm³/mol. The van der Waals surface area contributed by atoms with E-state index in [2.05, 4.69) is 5.32 Å². The van der Waals surface area contributed by atoms with E-state index in [1.807, 2.05) is 6.92 Å². The molecule has 1 fully saturated rings. The van der Waals surface area contributed by atoms with Gasteiger partial charge in [-0.1, -0.05) is 6.92 Å². The highest BCUT2D eigenvalue weighted by atomic mass is 32.2. The van der Waals surface area contributed by atoms with Crippen LogP contribution in [0.15, 0.2) is 11.8 Å². The fraction of sp³-hybridized carbons (Fsp3) is 0.545. The molecule has 0 aromatic heterocycles. The Balaban J connectivity index is 2.04. The summed E-state index contributed by atoms with van der Waals surface area (Å²) >= 11 is 1.46. The summed E-state index contributed by atoms with van der Waals surface area (Å²) in [6, 6.07) is -0.586. The molecule has 2 N–H and O–H groups in total. The second-order valence-corrected chi connectivity index (χ2v) is 5.27. The molecule has 18 heavy (non-hydrogen) atoms. The van der Waals surface area contributed by atoms with Crippen molar-refractivity contribution in [3.63, 3.8) is 0 Å². The minimum atomic E-state index is -1.10. The SMILES string of the molecule is CCCC(=O)NC1C(=O)N2C(C(=O)O)=CCS[C@H]12. The number of carboxylic acids is 1. The van der Waals surface area contributed by atoms with Crippen LogP contribution in [0.3, 0.4) is 0 Å². The molecular weight excluding hydrogens is 256 g/mol. The lowest BCUT2D eigenvalue weighted by molar-refractivity contribution is -0.150. The molecule has 98 valence electrons. The first-order valence-electron chi connectivity index (χ1n) is 5.73. The van der Waals surface area contributed by atoms with Gasteiger partial charge in [-0.05, 0) is 12.5 Å². The smallest absolute Gasteiger partial charge is 0.352 e. The third-order valence-electron chi connectivity index (χ3n) is 2.86. The van der Waals surface area contributed by atoms with Gasteiger partial charge in [0.05, 0.1) is 0 Å². The standard InChI is InChI=1S/C11H14N2O4S/c1-2-3-7(14)12-8-9(15)13-6(11(16)17)4-5-18-10(8)13/h4,8,10H,2-3,5H2,1H3,(H,12,14)(H,16,17)/t8?,10-/m1/s1. The van der Waals surface area contributed by atoms with Crippen LogP contribution in [-0.2, 0) is 14.4 Å². The number of carboxylic acid groups (broad SMARTS) is 1. The monoisotopic (exact) mass is 270 g/mol. The van der Waals surface area contributed by atoms with Gasteiger partial charge in [0.2, 0.25) is 5.91 Å². The van der Waals surface area contributed by atoms with Gasteiger partial charge in [-0.25, -0.2) is 4.79 Å².